The van der Waals surface area contributed by atoms with Gasteiger partial charge < -0.3 is 5.11 Å². The third-order valence-electron chi connectivity index (χ3n) is 7.36. The first-order chi connectivity index (χ1) is 17.3. The van der Waals surface area contributed by atoms with Crippen LogP contribution in [-0.2, 0) is 9.59 Å². The maximum atomic E-state index is 13.7. The predicted molar refractivity (Wildman–Crippen MR) is 139 cm³/mol. The lowest BCUT2D eigenvalue weighted by molar-refractivity contribution is -0.120. The van der Waals surface area contributed by atoms with E-state index in [4.69, 9.17) is 0 Å². The molecule has 1 amide bonds. The SMILES string of the molecule is CC(C)c1ccc(C2CC(=O)N(c3cccc(C(=O)O)c3)C3=C2C(=O)CC(c2ccccc2)C3)cc1. The number of nitrogens with zero attached hydrogens (tertiary/aromatic N) is 1. The number of carbonyl (C=O) groups excluding carboxylic acids is 2. The van der Waals surface area contributed by atoms with Crippen LogP contribution in [0.4, 0.5) is 5.69 Å². The van der Waals surface area contributed by atoms with Crippen LogP contribution in [-0.4, -0.2) is 22.8 Å². The molecule has 1 heterocycles. The Hall–Kier alpha value is -3.99. The van der Waals surface area contributed by atoms with Gasteiger partial charge in [0.15, 0.2) is 5.78 Å². The Morgan fingerprint density at radius 3 is 2.25 bits per heavy atom. The normalized spacial score (nSPS) is 20.0. The van der Waals surface area contributed by atoms with Gasteiger partial charge in [-0.3, -0.25) is 14.5 Å². The number of hydrogen-bond acceptors (Lipinski definition) is 3. The number of carbonyl (C=O) groups is 3. The molecule has 2 unspecified atom stereocenters. The summed E-state index contributed by atoms with van der Waals surface area (Å²) in [5.41, 5.74) is 5.20. The summed E-state index contributed by atoms with van der Waals surface area (Å²) in [6.45, 7) is 4.27. The molecule has 0 saturated carbocycles. The fourth-order valence-electron chi connectivity index (χ4n) is 5.47. The summed E-state index contributed by atoms with van der Waals surface area (Å²) < 4.78 is 0. The molecule has 0 radical (unpaired) electrons. The lowest BCUT2D eigenvalue weighted by Gasteiger charge is -2.40. The van der Waals surface area contributed by atoms with E-state index in [-0.39, 0.29) is 35.5 Å². The van der Waals surface area contributed by atoms with E-state index in [1.165, 1.54) is 17.7 Å². The number of hydrogen-bond donors (Lipinski definition) is 1. The zero-order valence-electron chi connectivity index (χ0n) is 20.5. The summed E-state index contributed by atoms with van der Waals surface area (Å²) in [6.07, 6.45) is 1.09. The van der Waals surface area contributed by atoms with Crippen LogP contribution in [0, 0.1) is 0 Å². The van der Waals surface area contributed by atoms with E-state index in [1.807, 2.05) is 42.5 Å². The third-order valence-corrected chi connectivity index (χ3v) is 7.36. The third kappa shape index (κ3) is 4.37. The van der Waals surface area contributed by atoms with Crippen molar-refractivity contribution >= 4 is 23.3 Å². The molecule has 1 aliphatic carbocycles. The average Bonchev–Trinajstić information content (AvgIpc) is 2.88. The molecule has 5 heteroatoms. The van der Waals surface area contributed by atoms with Crippen molar-refractivity contribution in [3.63, 3.8) is 0 Å². The maximum Gasteiger partial charge on any atom is 0.335 e. The first kappa shape index (κ1) is 23.7. The van der Waals surface area contributed by atoms with Crippen LogP contribution in [0.15, 0.2) is 90.1 Å². The van der Waals surface area contributed by atoms with Gasteiger partial charge in [-0.25, -0.2) is 4.79 Å². The van der Waals surface area contributed by atoms with Gasteiger partial charge in [0.25, 0.3) is 0 Å². The fraction of sp³-hybridized carbons (Fsp3) is 0.258. The van der Waals surface area contributed by atoms with Crippen LogP contribution >= 0.6 is 0 Å². The summed E-state index contributed by atoms with van der Waals surface area (Å²) in [6, 6.07) is 24.5. The van der Waals surface area contributed by atoms with Crippen molar-refractivity contribution in [2.24, 2.45) is 0 Å². The van der Waals surface area contributed by atoms with Crippen LogP contribution in [0.5, 0.6) is 0 Å². The summed E-state index contributed by atoms with van der Waals surface area (Å²) in [5, 5.41) is 9.52. The molecule has 0 aromatic heterocycles. The number of aromatic carboxylic acids is 1. The number of anilines is 1. The quantitative estimate of drug-likeness (QED) is 0.458. The van der Waals surface area contributed by atoms with Gasteiger partial charge in [-0.05, 0) is 53.1 Å². The Kier molecular flexibility index (Phi) is 6.31. The Morgan fingerprint density at radius 1 is 0.861 bits per heavy atom. The molecule has 182 valence electrons. The second-order valence-electron chi connectivity index (χ2n) is 9.96. The number of carboxylic acid groups (broad SMARTS) is 1. The highest BCUT2D eigenvalue weighted by Crippen LogP contribution is 2.47. The standard InChI is InChI=1S/C31H29NO4/c1-19(2)20-11-13-22(14-12-20)26-18-29(34)32(25-10-6-9-23(15-25)31(35)36)27-16-24(17-28(33)30(26)27)21-7-4-3-5-8-21/h3-15,19,24,26H,16-18H2,1-2H3,(H,35,36). The van der Waals surface area contributed by atoms with Crippen LogP contribution in [0.25, 0.3) is 0 Å². The number of ketones is 1. The highest BCUT2D eigenvalue weighted by Gasteiger charge is 2.42. The molecule has 0 fully saturated rings. The highest BCUT2D eigenvalue weighted by molar-refractivity contribution is 6.08. The monoisotopic (exact) mass is 479 g/mol. The zero-order chi connectivity index (χ0) is 25.4. The lowest BCUT2D eigenvalue weighted by atomic mass is 9.72. The van der Waals surface area contributed by atoms with Gasteiger partial charge in [-0.2, -0.15) is 0 Å². The molecule has 2 atom stereocenters. The lowest BCUT2D eigenvalue weighted by Crippen LogP contribution is -2.41. The summed E-state index contributed by atoms with van der Waals surface area (Å²) in [7, 11) is 0. The predicted octanol–water partition coefficient (Wildman–Crippen LogP) is 6.43. The maximum absolute atomic E-state index is 13.7. The van der Waals surface area contributed by atoms with E-state index >= 15 is 0 Å². The smallest absolute Gasteiger partial charge is 0.335 e. The minimum absolute atomic E-state index is 0.0440. The Labute approximate surface area is 211 Å². The minimum atomic E-state index is -1.06. The van der Waals surface area contributed by atoms with E-state index < -0.39 is 5.97 Å². The van der Waals surface area contributed by atoms with Crippen molar-refractivity contribution in [3.05, 3.63) is 112 Å². The zero-order valence-corrected chi connectivity index (χ0v) is 20.5. The van der Waals surface area contributed by atoms with Gasteiger partial charge in [-0.1, -0.05) is 74.5 Å². The van der Waals surface area contributed by atoms with Crippen molar-refractivity contribution < 1.29 is 19.5 Å². The number of Topliss-reactive ketones (excluding diaryl/α,β-unsaturated/α-hetero) is 1. The number of allylic oxidation sites excluding steroid dienone is 2. The summed E-state index contributed by atoms with van der Waals surface area (Å²) >= 11 is 0. The van der Waals surface area contributed by atoms with Crippen LogP contribution in [0.2, 0.25) is 0 Å². The van der Waals surface area contributed by atoms with Crippen molar-refractivity contribution in [1.29, 1.82) is 0 Å². The van der Waals surface area contributed by atoms with Gasteiger partial charge in [-0.15, -0.1) is 0 Å². The molecule has 5 nitrogen and oxygen atoms in total. The topological polar surface area (TPSA) is 74.7 Å². The van der Waals surface area contributed by atoms with Crippen molar-refractivity contribution in [2.75, 3.05) is 4.90 Å². The molecule has 0 bridgehead atoms. The Balaban J connectivity index is 1.64. The van der Waals surface area contributed by atoms with E-state index in [2.05, 4.69) is 26.0 Å². The molecule has 36 heavy (non-hydrogen) atoms. The molecule has 3 aromatic rings. The van der Waals surface area contributed by atoms with Gasteiger partial charge in [0.2, 0.25) is 5.91 Å². The molecule has 2 aliphatic rings. The first-order valence-electron chi connectivity index (χ1n) is 12.4. The molecule has 3 aromatic carbocycles. The van der Waals surface area contributed by atoms with Crippen LogP contribution < -0.4 is 4.90 Å². The number of carboxylic acids is 1. The molecule has 1 aliphatic heterocycles. The van der Waals surface area contributed by atoms with Crippen molar-refractivity contribution in [3.8, 4) is 0 Å². The molecular weight excluding hydrogens is 450 g/mol. The number of rotatable bonds is 5. The molecule has 0 spiro atoms. The van der Waals surface area contributed by atoms with E-state index in [0.29, 0.717) is 35.7 Å². The molecular formula is C31H29NO4. The number of amides is 1. The highest BCUT2D eigenvalue weighted by atomic mass is 16.4. The van der Waals surface area contributed by atoms with Crippen LogP contribution in [0.1, 0.15) is 77.9 Å². The molecule has 1 N–H and O–H groups in total. The molecule has 0 saturated heterocycles. The van der Waals surface area contributed by atoms with Gasteiger partial charge >= 0.3 is 5.97 Å². The summed E-state index contributed by atoms with van der Waals surface area (Å²) in [4.78, 5) is 40.6. The fourth-order valence-corrected chi connectivity index (χ4v) is 5.47. The number of benzene rings is 3. The van der Waals surface area contributed by atoms with E-state index in [1.54, 1.807) is 17.0 Å². The van der Waals surface area contributed by atoms with Gasteiger partial charge in [0.05, 0.1) is 5.56 Å². The Morgan fingerprint density at radius 2 is 1.58 bits per heavy atom. The minimum Gasteiger partial charge on any atom is -0.478 e. The summed E-state index contributed by atoms with van der Waals surface area (Å²) in [5.74, 6) is -1.10. The largest absolute Gasteiger partial charge is 0.478 e. The Bertz CT molecular complexity index is 1350. The van der Waals surface area contributed by atoms with E-state index in [0.717, 1.165) is 11.1 Å². The second-order valence-corrected chi connectivity index (χ2v) is 9.96. The van der Waals surface area contributed by atoms with Crippen LogP contribution in [0.3, 0.4) is 0 Å². The second kappa shape index (κ2) is 9.57. The van der Waals surface area contributed by atoms with Crippen molar-refractivity contribution in [1.82, 2.24) is 0 Å². The van der Waals surface area contributed by atoms with E-state index in [9.17, 15) is 19.5 Å². The van der Waals surface area contributed by atoms with Gasteiger partial charge in [0, 0.05) is 35.7 Å². The van der Waals surface area contributed by atoms with Gasteiger partial charge in [0.1, 0.15) is 0 Å². The molecule has 5 rings (SSSR count). The van der Waals surface area contributed by atoms with Crippen molar-refractivity contribution in [2.45, 2.75) is 50.9 Å². The first-order valence-corrected chi connectivity index (χ1v) is 12.4. The average molecular weight is 480 g/mol.